The quantitative estimate of drug-likeness (QED) is 0.605. The fourth-order valence-electron chi connectivity index (χ4n) is 2.49. The summed E-state index contributed by atoms with van der Waals surface area (Å²) in [6.45, 7) is 0.134. The number of amides is 1. The maximum atomic E-state index is 12.3. The van der Waals surface area contributed by atoms with Crippen molar-refractivity contribution in [2.45, 2.75) is 13.1 Å². The zero-order valence-corrected chi connectivity index (χ0v) is 13.9. The third kappa shape index (κ3) is 3.11. The van der Waals surface area contributed by atoms with Crippen LogP contribution in [0.15, 0.2) is 53.3 Å². The van der Waals surface area contributed by atoms with Crippen LogP contribution in [0.3, 0.4) is 0 Å². The molecular formula is C17H13N5O2S. The Bertz CT molecular complexity index is 1100. The molecule has 2 heterocycles. The molecule has 0 saturated heterocycles. The highest BCUT2D eigenvalue weighted by atomic mass is 32.1. The molecule has 0 radical (unpaired) electrons. The summed E-state index contributed by atoms with van der Waals surface area (Å²) in [6, 6.07) is 14.7. The van der Waals surface area contributed by atoms with Gasteiger partial charge in [0.05, 0.1) is 22.1 Å². The van der Waals surface area contributed by atoms with Crippen molar-refractivity contribution in [3.8, 4) is 0 Å². The smallest absolute Gasteiger partial charge is 0.278 e. The first kappa shape index (κ1) is 15.4. The van der Waals surface area contributed by atoms with Crippen LogP contribution in [-0.4, -0.2) is 25.9 Å². The van der Waals surface area contributed by atoms with Crippen LogP contribution < -0.4 is 10.9 Å². The Morgan fingerprint density at radius 1 is 1.08 bits per heavy atom. The molecule has 2 aromatic heterocycles. The monoisotopic (exact) mass is 351 g/mol. The van der Waals surface area contributed by atoms with Crippen LogP contribution in [0.2, 0.25) is 0 Å². The van der Waals surface area contributed by atoms with Gasteiger partial charge in [-0.2, -0.15) is 0 Å². The minimum atomic E-state index is -0.333. The second-order valence-corrected chi connectivity index (χ2v) is 6.54. The summed E-state index contributed by atoms with van der Waals surface area (Å²) >= 11 is 1.53. The number of para-hydroxylation sites is 1. The number of carbonyl (C=O) groups excluding carboxylic acids is 1. The summed E-state index contributed by atoms with van der Waals surface area (Å²) in [7, 11) is 0. The molecule has 0 atom stereocenters. The first-order chi connectivity index (χ1) is 12.2. The Morgan fingerprint density at radius 2 is 1.84 bits per heavy atom. The summed E-state index contributed by atoms with van der Waals surface area (Å²) in [4.78, 5) is 28.9. The number of benzene rings is 2. The molecule has 0 saturated carbocycles. The first-order valence-corrected chi connectivity index (χ1v) is 8.46. The van der Waals surface area contributed by atoms with Gasteiger partial charge in [0.2, 0.25) is 5.91 Å². The lowest BCUT2D eigenvalue weighted by Crippen LogP contribution is -2.33. The Morgan fingerprint density at radius 3 is 2.68 bits per heavy atom. The molecule has 1 amide bonds. The molecule has 4 rings (SSSR count). The Kier molecular flexibility index (Phi) is 3.95. The molecule has 1 N–H and O–H groups in total. The summed E-state index contributed by atoms with van der Waals surface area (Å²) < 4.78 is 2.14. The van der Waals surface area contributed by atoms with Crippen molar-refractivity contribution in [2.24, 2.45) is 0 Å². The predicted octanol–water partition coefficient (Wildman–Crippen LogP) is 1.72. The molecule has 0 bridgehead atoms. The van der Waals surface area contributed by atoms with Gasteiger partial charge >= 0.3 is 0 Å². The summed E-state index contributed by atoms with van der Waals surface area (Å²) in [6.07, 6.45) is 0. The van der Waals surface area contributed by atoms with Crippen LogP contribution in [0.4, 0.5) is 0 Å². The van der Waals surface area contributed by atoms with Crippen molar-refractivity contribution in [2.75, 3.05) is 0 Å². The lowest BCUT2D eigenvalue weighted by molar-refractivity contribution is -0.122. The van der Waals surface area contributed by atoms with Gasteiger partial charge in [0, 0.05) is 0 Å². The lowest BCUT2D eigenvalue weighted by atomic mass is 10.2. The normalized spacial score (nSPS) is 11.0. The molecule has 0 aliphatic carbocycles. The number of thiazole rings is 1. The van der Waals surface area contributed by atoms with E-state index in [0.717, 1.165) is 19.9 Å². The number of hydrogen-bond acceptors (Lipinski definition) is 6. The van der Waals surface area contributed by atoms with Crippen LogP contribution >= 0.6 is 11.3 Å². The molecule has 0 spiro atoms. The number of nitrogens with one attached hydrogen (secondary N) is 1. The number of carbonyl (C=O) groups is 1. The van der Waals surface area contributed by atoms with Crippen molar-refractivity contribution >= 4 is 38.4 Å². The Labute approximate surface area is 145 Å². The van der Waals surface area contributed by atoms with Gasteiger partial charge in [-0.3, -0.25) is 9.59 Å². The summed E-state index contributed by atoms with van der Waals surface area (Å²) in [5.41, 5.74) is 1.09. The number of fused-ring (bicyclic) bond motifs is 2. The maximum Gasteiger partial charge on any atom is 0.278 e. The van der Waals surface area contributed by atoms with E-state index in [-0.39, 0.29) is 18.0 Å². The molecule has 124 valence electrons. The van der Waals surface area contributed by atoms with Gasteiger partial charge in [0.25, 0.3) is 5.56 Å². The third-order valence-corrected chi connectivity index (χ3v) is 4.73. The predicted molar refractivity (Wildman–Crippen MR) is 95.3 cm³/mol. The molecular weight excluding hydrogens is 338 g/mol. The molecule has 0 fully saturated rings. The molecule has 0 aliphatic rings. The molecule has 7 nitrogen and oxygen atoms in total. The molecule has 4 aromatic rings. The van der Waals surface area contributed by atoms with E-state index in [2.05, 4.69) is 20.6 Å². The van der Waals surface area contributed by atoms with Crippen molar-refractivity contribution in [1.29, 1.82) is 0 Å². The van der Waals surface area contributed by atoms with Gasteiger partial charge in [-0.15, -0.1) is 16.4 Å². The standard InChI is InChI=1S/C17H13N5O2S/c23-15(18-9-16-19-13-7-3-4-8-14(13)25-16)10-22-17(24)11-5-1-2-6-12(11)20-21-22/h1-8H,9-10H2,(H,18,23). The minimum Gasteiger partial charge on any atom is -0.348 e. The topological polar surface area (TPSA) is 89.8 Å². The molecule has 0 unspecified atom stereocenters. The first-order valence-electron chi connectivity index (χ1n) is 7.64. The number of nitrogens with zero attached hydrogens (tertiary/aromatic N) is 4. The maximum absolute atomic E-state index is 12.3. The second kappa shape index (κ2) is 6.40. The van der Waals surface area contributed by atoms with E-state index in [0.29, 0.717) is 17.4 Å². The summed E-state index contributed by atoms with van der Waals surface area (Å²) in [5, 5.41) is 11.8. The zero-order valence-electron chi connectivity index (χ0n) is 13.0. The van der Waals surface area contributed by atoms with E-state index < -0.39 is 0 Å². The van der Waals surface area contributed by atoms with E-state index in [1.54, 1.807) is 24.3 Å². The highest BCUT2D eigenvalue weighted by molar-refractivity contribution is 7.18. The van der Waals surface area contributed by atoms with E-state index >= 15 is 0 Å². The van der Waals surface area contributed by atoms with Crippen LogP contribution in [-0.2, 0) is 17.9 Å². The van der Waals surface area contributed by atoms with Crippen molar-refractivity contribution in [3.05, 3.63) is 63.9 Å². The van der Waals surface area contributed by atoms with Gasteiger partial charge in [-0.05, 0) is 24.3 Å². The van der Waals surface area contributed by atoms with E-state index in [1.165, 1.54) is 11.3 Å². The number of rotatable bonds is 4. The Balaban J connectivity index is 1.47. The number of aromatic nitrogens is 4. The van der Waals surface area contributed by atoms with Crippen LogP contribution in [0, 0.1) is 0 Å². The second-order valence-electron chi connectivity index (χ2n) is 5.42. The molecule has 8 heteroatoms. The zero-order chi connectivity index (χ0) is 17.2. The highest BCUT2D eigenvalue weighted by Gasteiger charge is 2.10. The summed E-state index contributed by atoms with van der Waals surface area (Å²) in [5.74, 6) is -0.314. The van der Waals surface area contributed by atoms with Gasteiger partial charge in [-0.25, -0.2) is 9.67 Å². The van der Waals surface area contributed by atoms with Crippen LogP contribution in [0.5, 0.6) is 0 Å². The van der Waals surface area contributed by atoms with Gasteiger partial charge < -0.3 is 5.32 Å². The minimum absolute atomic E-state index is 0.179. The van der Waals surface area contributed by atoms with Crippen molar-refractivity contribution in [3.63, 3.8) is 0 Å². The van der Waals surface area contributed by atoms with E-state index in [4.69, 9.17) is 0 Å². The molecule has 0 aliphatic heterocycles. The van der Waals surface area contributed by atoms with Gasteiger partial charge in [-0.1, -0.05) is 29.5 Å². The highest BCUT2D eigenvalue weighted by Crippen LogP contribution is 2.21. The van der Waals surface area contributed by atoms with Crippen molar-refractivity contribution in [1.82, 2.24) is 25.3 Å². The molecule has 2 aromatic carbocycles. The number of hydrogen-bond donors (Lipinski definition) is 1. The van der Waals surface area contributed by atoms with Gasteiger partial charge in [0.15, 0.2) is 0 Å². The molecule has 25 heavy (non-hydrogen) atoms. The average molecular weight is 351 g/mol. The van der Waals surface area contributed by atoms with Crippen LogP contribution in [0.25, 0.3) is 21.1 Å². The van der Waals surface area contributed by atoms with E-state index in [1.807, 2.05) is 24.3 Å². The average Bonchev–Trinajstić information content (AvgIpc) is 3.06. The Hall–Kier alpha value is -3.13. The fraction of sp³-hybridized carbons (Fsp3) is 0.118. The van der Waals surface area contributed by atoms with Crippen LogP contribution in [0.1, 0.15) is 5.01 Å². The fourth-order valence-corrected chi connectivity index (χ4v) is 3.40. The van der Waals surface area contributed by atoms with Gasteiger partial charge in [0.1, 0.15) is 17.1 Å². The van der Waals surface area contributed by atoms with Crippen molar-refractivity contribution < 1.29 is 4.79 Å². The third-order valence-electron chi connectivity index (χ3n) is 3.70. The lowest BCUT2D eigenvalue weighted by Gasteiger charge is -2.05. The van der Waals surface area contributed by atoms with E-state index in [9.17, 15) is 9.59 Å². The SMILES string of the molecule is O=C(Cn1nnc2ccccc2c1=O)NCc1nc2ccccc2s1. The largest absolute Gasteiger partial charge is 0.348 e.